The molecule has 0 aliphatic rings. The minimum Gasteiger partial charge on any atom is -0.478 e. The fourth-order valence-electron chi connectivity index (χ4n) is 8.05. The van der Waals surface area contributed by atoms with Crippen LogP contribution in [0.2, 0.25) is 0 Å². The smallest absolute Gasteiger partial charge is 0.397 e. The Labute approximate surface area is 526 Å². The van der Waals surface area contributed by atoms with Crippen LogP contribution in [-0.2, 0) is 29.0 Å². The van der Waals surface area contributed by atoms with E-state index in [0.717, 1.165) is 12.8 Å². The van der Waals surface area contributed by atoms with Crippen LogP contribution in [0.25, 0.3) is 0 Å². The molecule has 0 aliphatic heterocycles. The van der Waals surface area contributed by atoms with Crippen molar-refractivity contribution < 1.29 is 92.8 Å². The number of nitrogens with two attached hydrogens (primary N) is 1. The first kappa shape index (κ1) is 83.1. The molecule has 0 aromatic heterocycles. The maximum absolute atomic E-state index is 13.1. The molecular formula is C66H103N3O19S. The number of ketones is 1. The Morgan fingerprint density at radius 2 is 1.03 bits per heavy atom. The second kappa shape index (κ2) is 47.1. The number of guanidine groups is 1. The first-order valence-corrected chi connectivity index (χ1v) is 31.3. The number of carbonyl (C=O) groups excluding carboxylic acids is 2. The number of Topliss-reactive ketones (excluding diaryl/α,β-unsaturated/α-hetero) is 1. The van der Waals surface area contributed by atoms with Crippen LogP contribution < -0.4 is 11.1 Å². The third-order valence-corrected chi connectivity index (χ3v) is 14.0. The van der Waals surface area contributed by atoms with Crippen LogP contribution in [0.5, 0.6) is 0 Å². The van der Waals surface area contributed by atoms with E-state index < -0.39 is 119 Å². The summed E-state index contributed by atoms with van der Waals surface area (Å²) in [5.41, 5.74) is 5.35. The summed E-state index contributed by atoms with van der Waals surface area (Å²) in [5.74, 6) is -4.10. The molecule has 16 N–H and O–H groups in total. The van der Waals surface area contributed by atoms with Gasteiger partial charge in [0.2, 0.25) is 5.91 Å². The molecule has 15 atom stereocenters. The lowest BCUT2D eigenvalue weighted by Crippen LogP contribution is -2.43. The monoisotopic (exact) mass is 1270 g/mol. The maximum atomic E-state index is 13.1. The number of carbonyl (C=O) groups is 3. The van der Waals surface area contributed by atoms with Crippen molar-refractivity contribution in [3.63, 3.8) is 0 Å². The van der Waals surface area contributed by atoms with E-state index >= 15 is 0 Å². The molecule has 0 aromatic rings. The molecule has 1 amide bonds. The standard InChI is InChI=1S/C66H103N3O19S/c1-46(29-21-17-13-12-14-18-22-30-47(2)63(82)83)61(80)48(3)58(78)38-23-19-15-10-8-9-11-16-20-24-39-60(88-89(85,86)87)49(4)62(81)59(79)45-56(76)36-27-35-54(74)44-57(77)43-53(73)34-26-33-51(71)41-50(70)31-25-32-52(72)42-55(75)37-28-40-68-65(67)69-64(84)66(5,6)7/h8-12,14-16,18-27,29-31,34,36,38-39,46,48-61,70-80H,13,17,28,32-33,35,37,40-45H2,1-7H3,(H,82,83)(H,85,86,87)(H3,67,68,69,84)/b10-8+,11-9+,14-12+,19-15+,20-16+,22-18+,29-21+,31-25+,34-26+,36-27+,38-23+,39-24-,47-30+. The van der Waals surface area contributed by atoms with E-state index in [1.807, 2.05) is 31.2 Å². The highest BCUT2D eigenvalue weighted by molar-refractivity contribution is 7.80. The largest absolute Gasteiger partial charge is 0.478 e. The van der Waals surface area contributed by atoms with Gasteiger partial charge in [-0.05, 0) is 64.7 Å². The summed E-state index contributed by atoms with van der Waals surface area (Å²) in [7, 11) is -5.05. The molecule has 0 bridgehead atoms. The van der Waals surface area contributed by atoms with E-state index in [0.29, 0.717) is 12.8 Å². The number of aliphatic hydroxyl groups is 11. The van der Waals surface area contributed by atoms with Gasteiger partial charge in [0, 0.05) is 54.5 Å². The number of nitrogens with zero attached hydrogens (tertiary/aromatic N) is 1. The van der Waals surface area contributed by atoms with Gasteiger partial charge in [-0.15, -0.1) is 0 Å². The number of amides is 1. The summed E-state index contributed by atoms with van der Waals surface area (Å²) >= 11 is 0. The van der Waals surface area contributed by atoms with Crippen molar-refractivity contribution >= 4 is 34.0 Å². The highest BCUT2D eigenvalue weighted by Crippen LogP contribution is 2.21. The number of unbranched alkanes of at least 4 members (excludes halogenated alkanes) is 1. The number of allylic oxidation sites excluding steroid dienone is 16. The predicted octanol–water partition coefficient (Wildman–Crippen LogP) is 5.49. The molecule has 0 spiro atoms. The van der Waals surface area contributed by atoms with Crippen LogP contribution in [0.4, 0.5) is 0 Å². The van der Waals surface area contributed by atoms with Crippen LogP contribution in [0.3, 0.4) is 0 Å². The number of carboxylic acid groups (broad SMARTS) is 1. The van der Waals surface area contributed by atoms with E-state index in [-0.39, 0.29) is 74.8 Å². The zero-order chi connectivity index (χ0) is 67.5. The van der Waals surface area contributed by atoms with Crippen molar-refractivity contribution in [1.29, 1.82) is 0 Å². The van der Waals surface area contributed by atoms with Gasteiger partial charge in [-0.2, -0.15) is 8.42 Å². The number of carboxylic acids is 1. The number of hydrogen-bond donors (Lipinski definition) is 15. The van der Waals surface area contributed by atoms with Gasteiger partial charge in [-0.25, -0.2) is 8.98 Å². The summed E-state index contributed by atoms with van der Waals surface area (Å²) in [6.45, 7) is 11.9. The Bertz CT molecular complexity index is 2590. The minimum atomic E-state index is -5.05. The number of aliphatic imine (C=N–C) groups is 1. The van der Waals surface area contributed by atoms with Crippen LogP contribution >= 0.6 is 0 Å². The van der Waals surface area contributed by atoms with Gasteiger partial charge < -0.3 is 67.0 Å². The van der Waals surface area contributed by atoms with Crippen molar-refractivity contribution in [3.8, 4) is 0 Å². The minimum absolute atomic E-state index is 0.00702. The molecule has 0 fully saturated rings. The fraction of sp³-hybridized carbons (Fsp3) is 0.545. The molecule has 502 valence electrons. The van der Waals surface area contributed by atoms with Crippen molar-refractivity contribution in [1.82, 2.24) is 5.32 Å². The molecule has 0 aromatic carbocycles. The molecule has 0 radical (unpaired) electrons. The van der Waals surface area contributed by atoms with E-state index in [1.54, 1.807) is 101 Å². The molecule has 23 heteroatoms. The summed E-state index contributed by atoms with van der Waals surface area (Å²) in [6.07, 6.45) is 28.3. The Hall–Kier alpha value is -5.87. The van der Waals surface area contributed by atoms with Crippen molar-refractivity contribution in [2.24, 2.45) is 33.9 Å². The van der Waals surface area contributed by atoms with Crippen LogP contribution in [0.1, 0.15) is 126 Å². The maximum Gasteiger partial charge on any atom is 0.397 e. The second-order valence-electron chi connectivity index (χ2n) is 22.9. The normalized spacial score (nSPS) is 19.0. The number of nitrogens with one attached hydrogen (secondary N) is 1. The number of rotatable bonds is 45. The lowest BCUT2D eigenvalue weighted by Gasteiger charge is -2.25. The van der Waals surface area contributed by atoms with Gasteiger partial charge in [0.1, 0.15) is 12.2 Å². The molecule has 15 unspecified atom stereocenters. The zero-order valence-corrected chi connectivity index (χ0v) is 53.3. The lowest BCUT2D eigenvalue weighted by atomic mass is 9.88. The highest BCUT2D eigenvalue weighted by atomic mass is 32.3. The van der Waals surface area contributed by atoms with Gasteiger partial charge in [0.25, 0.3) is 0 Å². The quantitative estimate of drug-likeness (QED) is 0.00682. The Balaban J connectivity index is 4.86. The third-order valence-electron chi connectivity index (χ3n) is 13.5. The first-order chi connectivity index (χ1) is 41.7. The van der Waals surface area contributed by atoms with Gasteiger partial charge in [-0.1, -0.05) is 193 Å². The van der Waals surface area contributed by atoms with E-state index in [1.165, 1.54) is 68.5 Å². The topological polar surface area (TPSA) is 408 Å². The van der Waals surface area contributed by atoms with Crippen molar-refractivity contribution in [3.05, 3.63) is 157 Å². The molecule has 0 heterocycles. The molecule has 0 saturated carbocycles. The number of hydrogen-bond acceptors (Lipinski definition) is 18. The summed E-state index contributed by atoms with van der Waals surface area (Å²) < 4.78 is 37.3. The van der Waals surface area contributed by atoms with E-state index in [9.17, 15) is 83.5 Å². The molecule has 22 nitrogen and oxygen atoms in total. The summed E-state index contributed by atoms with van der Waals surface area (Å²) in [4.78, 5) is 39.9. The Morgan fingerprint density at radius 3 is 1.55 bits per heavy atom. The molecule has 0 rings (SSSR count). The highest BCUT2D eigenvalue weighted by Gasteiger charge is 2.32. The average Bonchev–Trinajstić information content (AvgIpc) is 2.73. The van der Waals surface area contributed by atoms with Crippen LogP contribution in [0, 0.1) is 23.2 Å². The number of aliphatic hydroxyl groups excluding tert-OH is 11. The van der Waals surface area contributed by atoms with Gasteiger partial charge in [-0.3, -0.25) is 24.5 Å². The molecular weight excluding hydrogens is 1170 g/mol. The average molecular weight is 1270 g/mol. The first-order valence-electron chi connectivity index (χ1n) is 29.9. The second-order valence-corrected chi connectivity index (χ2v) is 24.0. The fourth-order valence-corrected chi connectivity index (χ4v) is 8.56. The molecule has 0 aliphatic carbocycles. The third kappa shape index (κ3) is 44.3. The van der Waals surface area contributed by atoms with Gasteiger partial charge >= 0.3 is 16.4 Å². The predicted molar refractivity (Wildman–Crippen MR) is 346 cm³/mol. The molecule has 89 heavy (non-hydrogen) atoms. The van der Waals surface area contributed by atoms with Gasteiger partial charge in [0.15, 0.2) is 11.7 Å². The lowest BCUT2D eigenvalue weighted by molar-refractivity contribution is -0.134. The van der Waals surface area contributed by atoms with Gasteiger partial charge in [0.05, 0.1) is 61.0 Å². The van der Waals surface area contributed by atoms with E-state index in [4.69, 9.17) is 15.0 Å². The number of aliphatic carboxylic acids is 1. The Kier molecular flexibility index (Phi) is 44.0. The van der Waals surface area contributed by atoms with Crippen molar-refractivity contribution in [2.75, 3.05) is 6.54 Å². The molecule has 0 saturated heterocycles. The summed E-state index contributed by atoms with van der Waals surface area (Å²) in [6, 6.07) is 0. The zero-order valence-electron chi connectivity index (χ0n) is 52.5. The SMILES string of the molecule is C\C(=C/C=C/C=C/CC/C=C/C(C)C(O)C(C)C(O)/C=C/C=C/C=C/C=C/C=C/C=C\C(OS(=O)(=O)O)C(C)C(=O)C(O)CC(O)/C=C/CC(O)CC(O)CC(O)/C=C/CC(O)CC(O)/C=C/CC(O)CC(O)CCCN=C(N)NC(=O)C(C)(C)C)C(=O)O. The van der Waals surface area contributed by atoms with Crippen molar-refractivity contribution in [2.45, 2.75) is 199 Å². The summed E-state index contributed by atoms with van der Waals surface area (Å²) in [5, 5.41) is 126. The van der Waals surface area contributed by atoms with E-state index in [2.05, 4.69) is 10.3 Å². The Morgan fingerprint density at radius 1 is 0.573 bits per heavy atom. The van der Waals surface area contributed by atoms with Crippen LogP contribution in [0.15, 0.2) is 162 Å². The van der Waals surface area contributed by atoms with Crippen LogP contribution in [-0.4, -0.2) is 178 Å².